The van der Waals surface area contributed by atoms with Gasteiger partial charge in [-0.25, -0.2) is 0 Å². The Kier molecular flexibility index (Phi) is 8.94. The zero-order valence-electron chi connectivity index (χ0n) is 7.33. The van der Waals surface area contributed by atoms with Crippen LogP contribution in [0.5, 0.6) is 0 Å². The van der Waals surface area contributed by atoms with Crippen LogP contribution in [0.3, 0.4) is 0 Å². The van der Waals surface area contributed by atoms with Crippen molar-refractivity contribution in [3.63, 3.8) is 0 Å². The minimum atomic E-state index is -0.550. The molecule has 0 rings (SSSR count). The van der Waals surface area contributed by atoms with Crippen molar-refractivity contribution >= 4 is 11.9 Å². The fraction of sp³-hybridized carbons (Fsp3) is 0.625. The van der Waals surface area contributed by atoms with Crippen LogP contribution in [-0.4, -0.2) is 11.9 Å². The number of rotatable bonds is 3. The van der Waals surface area contributed by atoms with E-state index in [9.17, 15) is 9.59 Å². The maximum absolute atomic E-state index is 10.8. The molecule has 1 atom stereocenters. The van der Waals surface area contributed by atoms with E-state index in [1.165, 1.54) is 6.92 Å². The maximum atomic E-state index is 10.8. The molecule has 3 nitrogen and oxygen atoms in total. The molecule has 0 saturated carbocycles. The van der Waals surface area contributed by atoms with E-state index in [-0.39, 0.29) is 33.4 Å². The van der Waals surface area contributed by atoms with E-state index >= 15 is 0 Å². The predicted octanol–water partition coefficient (Wildman–Crippen LogP) is 1.32. The molecule has 0 bridgehead atoms. The Hall–Kier alpha value is -0.172. The number of hydrogen-bond donors (Lipinski definition) is 0. The monoisotopic (exact) mass is 341 g/mol. The fourth-order valence-corrected chi connectivity index (χ4v) is 0.589. The van der Waals surface area contributed by atoms with Crippen molar-refractivity contribution in [2.24, 2.45) is 5.92 Å². The standard InChI is InChI=1S/C8H13O3.W/c1-4-6(2)5-8(10)11-7(3)9;/h6H,1,4-5H2,2-3H3;/q-1;/t6-;/m0./s1. The van der Waals surface area contributed by atoms with E-state index in [1.807, 2.05) is 6.92 Å². The molecule has 0 unspecified atom stereocenters. The second-order valence-electron chi connectivity index (χ2n) is 2.56. The number of carbonyl (C=O) groups is 2. The first kappa shape index (κ1) is 14.4. The van der Waals surface area contributed by atoms with E-state index in [2.05, 4.69) is 11.7 Å². The molecule has 0 aliphatic heterocycles. The van der Waals surface area contributed by atoms with Gasteiger partial charge in [0.25, 0.3) is 0 Å². The zero-order chi connectivity index (χ0) is 8.85. The molecule has 0 N–H and O–H groups in total. The average Bonchev–Trinajstić information content (AvgIpc) is 1.85. The molecular formula is C8H13O3W-. The number of carbonyl (C=O) groups excluding carboxylic acids is 2. The van der Waals surface area contributed by atoms with Gasteiger partial charge in [0, 0.05) is 34.4 Å². The van der Waals surface area contributed by atoms with Crippen LogP contribution in [0.15, 0.2) is 0 Å². The summed E-state index contributed by atoms with van der Waals surface area (Å²) in [7, 11) is 0. The van der Waals surface area contributed by atoms with Crippen molar-refractivity contribution in [3.8, 4) is 0 Å². The van der Waals surface area contributed by atoms with Crippen molar-refractivity contribution < 1.29 is 35.4 Å². The topological polar surface area (TPSA) is 43.4 Å². The third kappa shape index (κ3) is 7.93. The first-order valence-corrected chi connectivity index (χ1v) is 3.56. The van der Waals surface area contributed by atoms with Crippen LogP contribution in [0.25, 0.3) is 0 Å². The van der Waals surface area contributed by atoms with Crippen molar-refractivity contribution in [2.75, 3.05) is 0 Å². The summed E-state index contributed by atoms with van der Waals surface area (Å²) >= 11 is 0. The normalized spacial score (nSPS) is 11.2. The van der Waals surface area contributed by atoms with Gasteiger partial charge in [-0.2, -0.15) is 6.42 Å². The molecule has 0 aromatic carbocycles. The Bertz CT molecular complexity index is 156. The van der Waals surface area contributed by atoms with Gasteiger partial charge in [-0.3, -0.25) is 9.59 Å². The molecule has 0 aromatic rings. The Morgan fingerprint density at radius 2 is 2.00 bits per heavy atom. The SMILES string of the molecule is [CH2-]C[C@H](C)CC(=O)OC(C)=O.[W]. The summed E-state index contributed by atoms with van der Waals surface area (Å²) in [5, 5.41) is 0. The Labute approximate surface area is 87.1 Å². The van der Waals surface area contributed by atoms with Crippen LogP contribution in [0.2, 0.25) is 0 Å². The second kappa shape index (κ2) is 7.48. The maximum Gasteiger partial charge on any atom is 0.313 e. The number of hydrogen-bond acceptors (Lipinski definition) is 3. The number of ether oxygens (including phenoxy) is 1. The van der Waals surface area contributed by atoms with Crippen LogP contribution in [-0.2, 0) is 35.4 Å². The van der Waals surface area contributed by atoms with E-state index in [4.69, 9.17) is 0 Å². The number of esters is 2. The molecule has 0 aliphatic rings. The zero-order valence-corrected chi connectivity index (χ0v) is 10.3. The molecule has 0 aliphatic carbocycles. The van der Waals surface area contributed by atoms with Gasteiger partial charge in [-0.05, 0) is 0 Å². The summed E-state index contributed by atoms with van der Waals surface area (Å²) in [6, 6.07) is 0. The second-order valence-corrected chi connectivity index (χ2v) is 2.56. The van der Waals surface area contributed by atoms with Crippen molar-refractivity contribution in [3.05, 3.63) is 6.92 Å². The first-order valence-electron chi connectivity index (χ1n) is 3.56. The van der Waals surface area contributed by atoms with E-state index in [0.29, 0.717) is 6.42 Å². The van der Waals surface area contributed by atoms with E-state index < -0.39 is 11.9 Å². The quantitative estimate of drug-likeness (QED) is 0.442. The molecule has 0 radical (unpaired) electrons. The molecule has 0 spiro atoms. The average molecular weight is 341 g/mol. The molecule has 0 aromatic heterocycles. The Balaban J connectivity index is 0. The summed E-state index contributed by atoms with van der Waals surface area (Å²) in [6.45, 7) is 6.72. The van der Waals surface area contributed by atoms with Gasteiger partial charge in [-0.15, -0.1) is 0 Å². The van der Waals surface area contributed by atoms with E-state index in [0.717, 1.165) is 0 Å². The Morgan fingerprint density at radius 1 is 1.50 bits per heavy atom. The molecule has 70 valence electrons. The molecule has 0 fully saturated rings. The van der Waals surface area contributed by atoms with Gasteiger partial charge in [0.1, 0.15) is 0 Å². The fourth-order valence-electron chi connectivity index (χ4n) is 0.589. The van der Waals surface area contributed by atoms with Crippen molar-refractivity contribution in [1.29, 1.82) is 0 Å². The first-order chi connectivity index (χ1) is 5.06. The smallest absolute Gasteiger partial charge is 0.313 e. The minimum Gasteiger partial charge on any atom is -0.393 e. The summed E-state index contributed by atoms with van der Waals surface area (Å²) in [6.07, 6.45) is 0.941. The summed E-state index contributed by atoms with van der Waals surface area (Å²) in [5.41, 5.74) is 0. The predicted molar refractivity (Wildman–Crippen MR) is 40.5 cm³/mol. The van der Waals surface area contributed by atoms with Gasteiger partial charge >= 0.3 is 11.9 Å². The summed E-state index contributed by atoms with van der Waals surface area (Å²) < 4.78 is 4.32. The van der Waals surface area contributed by atoms with Gasteiger partial charge in [0.2, 0.25) is 0 Å². The molecule has 0 amide bonds. The van der Waals surface area contributed by atoms with Crippen LogP contribution >= 0.6 is 0 Å². The minimum absolute atomic E-state index is 0. The van der Waals surface area contributed by atoms with Crippen LogP contribution < -0.4 is 0 Å². The van der Waals surface area contributed by atoms with Gasteiger partial charge in [0.15, 0.2) is 0 Å². The van der Waals surface area contributed by atoms with Crippen LogP contribution in [0, 0.1) is 12.8 Å². The molecule has 0 saturated heterocycles. The summed E-state index contributed by atoms with van der Waals surface area (Å²) in [5.74, 6) is -0.832. The van der Waals surface area contributed by atoms with Crippen LogP contribution in [0.4, 0.5) is 0 Å². The molecule has 4 heteroatoms. The molecule has 0 heterocycles. The van der Waals surface area contributed by atoms with Gasteiger partial charge < -0.3 is 11.7 Å². The van der Waals surface area contributed by atoms with Crippen LogP contribution in [0.1, 0.15) is 26.7 Å². The van der Waals surface area contributed by atoms with Gasteiger partial charge in [0.05, 0.1) is 0 Å². The largest absolute Gasteiger partial charge is 0.393 e. The Morgan fingerprint density at radius 3 is 2.33 bits per heavy atom. The van der Waals surface area contributed by atoms with Crippen molar-refractivity contribution in [1.82, 2.24) is 0 Å². The molecule has 12 heavy (non-hydrogen) atoms. The summed E-state index contributed by atoms with van der Waals surface area (Å²) in [4.78, 5) is 21.0. The van der Waals surface area contributed by atoms with E-state index in [1.54, 1.807) is 0 Å². The third-order valence-corrected chi connectivity index (χ3v) is 1.27. The van der Waals surface area contributed by atoms with Crippen molar-refractivity contribution in [2.45, 2.75) is 26.7 Å². The van der Waals surface area contributed by atoms with Gasteiger partial charge in [-0.1, -0.05) is 12.8 Å². The third-order valence-electron chi connectivity index (χ3n) is 1.27. The molecular weight excluding hydrogens is 328 g/mol.